The Morgan fingerprint density at radius 1 is 0.670 bits per heavy atom. The first kappa shape index (κ1) is 63.2. The highest BCUT2D eigenvalue weighted by Crippen LogP contribution is 2.75. The molecule has 3 fully saturated rings. The molecule has 3 saturated carbocycles. The van der Waals surface area contributed by atoms with Gasteiger partial charge in [0.25, 0.3) is 0 Å². The lowest BCUT2D eigenvalue weighted by atomic mass is 9.34. The van der Waals surface area contributed by atoms with Crippen molar-refractivity contribution in [1.82, 2.24) is 4.57 Å². The molecule has 6 unspecified atom stereocenters. The van der Waals surface area contributed by atoms with Gasteiger partial charge < -0.3 is 45.2 Å². The molecule has 4 aliphatic rings. The van der Waals surface area contributed by atoms with Crippen LogP contribution < -0.4 is 14.6 Å². The smallest absolute Gasteiger partial charge is 0.339 e. The van der Waals surface area contributed by atoms with Crippen molar-refractivity contribution in [2.45, 2.75) is 119 Å². The quantitative estimate of drug-likeness (QED) is 0.0455. The summed E-state index contributed by atoms with van der Waals surface area (Å²) in [5.41, 5.74) is 12.4. The molecule has 0 spiro atoms. The van der Waals surface area contributed by atoms with E-state index in [9.17, 15) is 50.1 Å². The molecule has 0 saturated heterocycles. The van der Waals surface area contributed by atoms with Crippen LogP contribution in [0.25, 0.3) is 50.3 Å². The summed E-state index contributed by atoms with van der Waals surface area (Å²) in [5, 5.41) is 77.0. The number of nitrogens with zero attached hydrogens (tertiary/aromatic N) is 3. The monoisotopic (exact) mass is 1220 g/mol. The van der Waals surface area contributed by atoms with E-state index in [1.807, 2.05) is 19.9 Å². The van der Waals surface area contributed by atoms with Gasteiger partial charge in [0.05, 0.1) is 11.0 Å². The van der Waals surface area contributed by atoms with Crippen LogP contribution in [-0.2, 0) is 30.1 Å². The van der Waals surface area contributed by atoms with E-state index in [0.717, 1.165) is 62.5 Å². The first-order valence-electron chi connectivity index (χ1n) is 31.5. The van der Waals surface area contributed by atoms with Crippen molar-refractivity contribution in [2.75, 3.05) is 19.0 Å². The summed E-state index contributed by atoms with van der Waals surface area (Å²) in [6, 6.07) is 42.1. The van der Waals surface area contributed by atoms with E-state index < -0.39 is 34.8 Å². The van der Waals surface area contributed by atoms with Crippen LogP contribution in [0, 0.1) is 48.3 Å². The fraction of sp³-hybridized carbons (Fsp3) is 0.333. The second kappa shape index (κ2) is 23.5. The highest BCUT2D eigenvalue weighted by Gasteiger charge is 2.67. The lowest BCUT2D eigenvalue weighted by Crippen LogP contribution is -2.62. The molecule has 13 heteroatoms. The van der Waals surface area contributed by atoms with E-state index in [4.69, 9.17) is 0 Å². The summed E-state index contributed by atoms with van der Waals surface area (Å²) in [6.07, 6.45) is 14.4. The minimum absolute atomic E-state index is 0.00431. The molecule has 91 heavy (non-hydrogen) atoms. The van der Waals surface area contributed by atoms with Crippen LogP contribution in [0.15, 0.2) is 145 Å². The number of anilines is 1. The SMILES string of the molecule is Cc1c(O)c(O)cc2c1CC=C1C2(C)CCC2(C)C3CC(C)(C(=O)O)CCC3(C)CCC12C.Cc1cc(C=Cc2ccc3cc(N(C)C)ccc3[n+]2C)c(C)n1-c1ccccc1.O=C(O)c1cc2ccccc2c(Cc2c(O)c(C(=O)O)cc3ccccc23)c1[O-]. The van der Waals surface area contributed by atoms with Gasteiger partial charge >= 0.3 is 17.9 Å². The number of aryl methyl sites for hydroxylation is 2. The number of aromatic nitrogens is 2. The molecule has 13 rings (SSSR count). The number of pyridine rings is 1. The van der Waals surface area contributed by atoms with E-state index in [0.29, 0.717) is 27.5 Å². The number of hydrogen-bond donors (Lipinski definition) is 6. The van der Waals surface area contributed by atoms with Gasteiger partial charge in [-0.05, 0) is 211 Å². The Kier molecular flexibility index (Phi) is 16.3. The first-order valence-corrected chi connectivity index (χ1v) is 31.5. The van der Waals surface area contributed by atoms with Crippen molar-refractivity contribution in [3.63, 3.8) is 0 Å². The number of rotatable bonds is 9. The maximum absolute atomic E-state index is 12.9. The Morgan fingerprint density at radius 3 is 1.95 bits per heavy atom. The van der Waals surface area contributed by atoms with E-state index in [1.54, 1.807) is 48.5 Å². The zero-order valence-electron chi connectivity index (χ0n) is 54.0. The van der Waals surface area contributed by atoms with Crippen molar-refractivity contribution in [3.8, 4) is 28.7 Å². The molecule has 6 N–H and O–H groups in total. The topological polar surface area (TPSA) is 208 Å². The van der Waals surface area contributed by atoms with Gasteiger partial charge in [0.2, 0.25) is 11.2 Å². The standard InChI is InChI=1S/C29H40O4.C26H28N3.C23H16O6/c1-17-18-7-8-21-27(4,19(18)15-20(30)23(17)31)12-14-29(6)22-16-26(3,24(32)33)10-9-25(22,2)11-13-28(21,29)5;1-19-17-21(20(2)29(19)24-9-7-6-8-10-24)11-13-23-14-12-22-18-25(27(3)4)15-16-26(22)28(23)5;24-20-16(14-7-3-1-5-12(14)9-18(20)22(26)27)11-17-15-8-4-2-6-13(15)10-19(21(17)25)23(28)29/h8,15,22,30-31H,7,9-14,16H2,1-6H3,(H,32,33);6-18H,1-5H3;1-10,24-25H,11H2,(H,26,27)(H,28,29)/q;+1;/p-1. The summed E-state index contributed by atoms with van der Waals surface area (Å²) in [5.74, 6) is -3.99. The lowest BCUT2D eigenvalue weighted by Gasteiger charge is -2.69. The molecule has 0 aliphatic heterocycles. The number of phenolic OH excluding ortho intramolecular Hbond substituents is 2. The molecule has 470 valence electrons. The zero-order valence-corrected chi connectivity index (χ0v) is 54.0. The van der Waals surface area contributed by atoms with Crippen LogP contribution in [-0.4, -0.2) is 67.2 Å². The predicted molar refractivity (Wildman–Crippen MR) is 359 cm³/mol. The van der Waals surface area contributed by atoms with E-state index >= 15 is 0 Å². The fourth-order valence-corrected chi connectivity index (χ4v) is 16.5. The van der Waals surface area contributed by atoms with Crippen molar-refractivity contribution < 1.29 is 54.7 Å². The van der Waals surface area contributed by atoms with Crippen LogP contribution in [0.5, 0.6) is 23.0 Å². The number of aromatic hydroxyl groups is 3. The van der Waals surface area contributed by atoms with E-state index in [-0.39, 0.29) is 61.8 Å². The highest BCUT2D eigenvalue weighted by molar-refractivity contribution is 6.02. The third-order valence-electron chi connectivity index (χ3n) is 22.3. The molecule has 4 aliphatic carbocycles. The number of carbonyl (C=O) groups is 3. The second-order valence-electron chi connectivity index (χ2n) is 27.6. The summed E-state index contributed by atoms with van der Waals surface area (Å²) in [6.45, 7) is 17.9. The molecule has 0 amide bonds. The Hall–Kier alpha value is -9.36. The number of para-hydroxylation sites is 1. The number of carboxylic acid groups (broad SMARTS) is 3. The Balaban J connectivity index is 0.000000141. The van der Waals surface area contributed by atoms with Crippen LogP contribution in [0.1, 0.15) is 151 Å². The Bertz CT molecular complexity index is 4400. The van der Waals surface area contributed by atoms with Gasteiger partial charge in [-0.15, -0.1) is 0 Å². The molecular formula is C78H83N3O10. The number of benzene rings is 7. The minimum atomic E-state index is -1.34. The average molecular weight is 1220 g/mol. The fourth-order valence-electron chi connectivity index (χ4n) is 16.5. The molecule has 0 radical (unpaired) electrons. The number of hydrogen-bond acceptors (Lipinski definition) is 8. The van der Waals surface area contributed by atoms with Crippen molar-refractivity contribution >= 4 is 68.2 Å². The summed E-state index contributed by atoms with van der Waals surface area (Å²) < 4.78 is 4.56. The average Bonchev–Trinajstić information content (AvgIpc) is 0.945. The Labute approximate surface area is 532 Å². The van der Waals surface area contributed by atoms with Crippen LogP contribution in [0.2, 0.25) is 0 Å². The number of phenols is 3. The largest absolute Gasteiger partial charge is 0.872 e. The van der Waals surface area contributed by atoms with Gasteiger partial charge in [-0.25, -0.2) is 9.59 Å². The van der Waals surface area contributed by atoms with Crippen LogP contribution in [0.4, 0.5) is 5.69 Å². The normalized spacial score (nSPS) is 23.2. The first-order chi connectivity index (χ1) is 43.1. The van der Waals surface area contributed by atoms with Crippen LogP contribution >= 0.6 is 0 Å². The van der Waals surface area contributed by atoms with E-state index in [2.05, 4.69) is 162 Å². The zero-order chi connectivity index (χ0) is 65.4. The molecule has 7 aromatic carbocycles. The van der Waals surface area contributed by atoms with Crippen molar-refractivity contribution in [2.24, 2.45) is 34.6 Å². The van der Waals surface area contributed by atoms with Crippen molar-refractivity contribution in [1.29, 1.82) is 0 Å². The molecule has 9 aromatic rings. The number of carboxylic acids is 3. The number of aromatic carboxylic acids is 2. The summed E-state index contributed by atoms with van der Waals surface area (Å²) in [4.78, 5) is 37.5. The van der Waals surface area contributed by atoms with Gasteiger partial charge in [0.15, 0.2) is 11.5 Å². The molecule has 13 nitrogen and oxygen atoms in total. The third kappa shape index (κ3) is 10.7. The maximum Gasteiger partial charge on any atom is 0.339 e. The summed E-state index contributed by atoms with van der Waals surface area (Å²) in [7, 11) is 6.28. The number of fused-ring (bicyclic) bond motifs is 10. The van der Waals surface area contributed by atoms with Crippen LogP contribution in [0.3, 0.4) is 0 Å². The maximum atomic E-state index is 12.9. The van der Waals surface area contributed by atoms with Gasteiger partial charge in [-0.2, -0.15) is 4.57 Å². The third-order valence-corrected chi connectivity index (χ3v) is 22.3. The molecule has 6 atom stereocenters. The summed E-state index contributed by atoms with van der Waals surface area (Å²) >= 11 is 0. The predicted octanol–water partition coefficient (Wildman–Crippen LogP) is 15.7. The van der Waals surface area contributed by atoms with Gasteiger partial charge in [-0.3, -0.25) is 4.79 Å². The Morgan fingerprint density at radius 2 is 1.30 bits per heavy atom. The number of allylic oxidation sites excluding steroid dienone is 2. The van der Waals surface area contributed by atoms with Crippen molar-refractivity contribution in [3.05, 3.63) is 207 Å². The lowest BCUT2D eigenvalue weighted by molar-refractivity contribution is -0.646. The molecule has 2 heterocycles. The van der Waals surface area contributed by atoms with Gasteiger partial charge in [0, 0.05) is 77.9 Å². The van der Waals surface area contributed by atoms with Gasteiger partial charge in [0.1, 0.15) is 18.4 Å². The second-order valence-corrected chi connectivity index (χ2v) is 27.6. The van der Waals surface area contributed by atoms with Gasteiger partial charge in [-0.1, -0.05) is 112 Å². The molecular weight excluding hydrogens is 1140 g/mol. The molecule has 2 aromatic heterocycles. The van der Waals surface area contributed by atoms with E-state index in [1.165, 1.54) is 68.2 Å². The number of aliphatic carboxylic acids is 1. The highest BCUT2D eigenvalue weighted by atomic mass is 16.4. The molecule has 0 bridgehead atoms. The minimum Gasteiger partial charge on any atom is -0.872 e.